The number of anilines is 1. The molecule has 0 unspecified atom stereocenters. The molecule has 0 radical (unpaired) electrons. The van der Waals surface area contributed by atoms with Crippen molar-refractivity contribution < 1.29 is 14.7 Å². The van der Waals surface area contributed by atoms with E-state index in [-0.39, 0.29) is 12.5 Å². The lowest BCUT2D eigenvalue weighted by molar-refractivity contribution is -0.136. The minimum Gasteiger partial charge on any atom is -0.481 e. The molecule has 2 amide bonds. The van der Waals surface area contributed by atoms with Crippen LogP contribution in [0.2, 0.25) is 0 Å². The minimum atomic E-state index is -0.945. The fourth-order valence-electron chi connectivity index (χ4n) is 1.69. The summed E-state index contributed by atoms with van der Waals surface area (Å²) in [4.78, 5) is 28.0. The number of carboxylic acids is 1. The van der Waals surface area contributed by atoms with Crippen molar-refractivity contribution in [3.05, 3.63) is 42.0 Å². The van der Waals surface area contributed by atoms with E-state index in [4.69, 9.17) is 5.11 Å². The molecule has 2 rings (SSSR count). The monoisotopic (exact) mass is 289 g/mol. The first-order valence-corrected chi connectivity index (χ1v) is 6.21. The third kappa shape index (κ3) is 4.30. The third-order valence-corrected chi connectivity index (χ3v) is 2.73. The van der Waals surface area contributed by atoms with Crippen LogP contribution >= 0.6 is 0 Å². The highest BCUT2D eigenvalue weighted by atomic mass is 16.4. The number of nitrogens with zero attached hydrogens (tertiary/aromatic N) is 3. The summed E-state index contributed by atoms with van der Waals surface area (Å²) < 4.78 is 0. The molecule has 110 valence electrons. The third-order valence-electron chi connectivity index (χ3n) is 2.73. The van der Waals surface area contributed by atoms with Gasteiger partial charge >= 0.3 is 12.0 Å². The maximum Gasteiger partial charge on any atom is 0.321 e. The topological polar surface area (TPSA) is 111 Å². The van der Waals surface area contributed by atoms with Crippen LogP contribution in [-0.4, -0.2) is 44.2 Å². The molecule has 0 aromatic carbocycles. The van der Waals surface area contributed by atoms with Gasteiger partial charge in [-0.05, 0) is 12.1 Å². The van der Waals surface area contributed by atoms with Gasteiger partial charge < -0.3 is 15.3 Å². The Morgan fingerprint density at radius 2 is 2.19 bits per heavy atom. The number of hydrogen-bond donors (Lipinski definition) is 3. The second-order valence-corrected chi connectivity index (χ2v) is 4.50. The van der Waals surface area contributed by atoms with E-state index in [0.29, 0.717) is 17.9 Å². The lowest BCUT2D eigenvalue weighted by atomic mass is 10.2. The number of nitrogens with one attached hydrogen (secondary N) is 2. The standard InChI is InChI=1S/C13H15N5O3/c1-18(8-9-5-15-16-6-9)13(21)17-11-3-2-10(14-7-11)4-12(19)20/h2-3,5-7H,4,8H2,1H3,(H,15,16)(H,17,21)(H,19,20). The van der Waals surface area contributed by atoms with Crippen LogP contribution < -0.4 is 5.32 Å². The highest BCUT2D eigenvalue weighted by molar-refractivity contribution is 5.88. The normalized spacial score (nSPS) is 10.1. The van der Waals surface area contributed by atoms with E-state index in [9.17, 15) is 9.59 Å². The highest BCUT2D eigenvalue weighted by Gasteiger charge is 2.10. The summed E-state index contributed by atoms with van der Waals surface area (Å²) in [6, 6.07) is 2.90. The van der Waals surface area contributed by atoms with Crippen LogP contribution in [0.5, 0.6) is 0 Å². The van der Waals surface area contributed by atoms with Crippen molar-refractivity contribution in [2.45, 2.75) is 13.0 Å². The Bertz CT molecular complexity index is 609. The average Bonchev–Trinajstić information content (AvgIpc) is 2.93. The molecule has 21 heavy (non-hydrogen) atoms. The zero-order valence-corrected chi connectivity index (χ0v) is 11.4. The molecule has 2 heterocycles. The molecule has 2 aromatic rings. The smallest absolute Gasteiger partial charge is 0.321 e. The highest BCUT2D eigenvalue weighted by Crippen LogP contribution is 2.09. The molecule has 8 nitrogen and oxygen atoms in total. The second kappa shape index (κ2) is 6.51. The van der Waals surface area contributed by atoms with Crippen molar-refractivity contribution in [3.8, 4) is 0 Å². The van der Waals surface area contributed by atoms with Crippen LogP contribution in [0.4, 0.5) is 10.5 Å². The first-order valence-electron chi connectivity index (χ1n) is 6.21. The fourth-order valence-corrected chi connectivity index (χ4v) is 1.69. The van der Waals surface area contributed by atoms with Gasteiger partial charge in [0.15, 0.2) is 0 Å². The number of carbonyl (C=O) groups is 2. The summed E-state index contributed by atoms with van der Waals surface area (Å²) in [5, 5.41) is 17.8. The molecule has 0 spiro atoms. The van der Waals surface area contributed by atoms with Crippen LogP contribution in [0, 0.1) is 0 Å². The van der Waals surface area contributed by atoms with Gasteiger partial charge in [0.1, 0.15) is 0 Å². The lowest BCUT2D eigenvalue weighted by Gasteiger charge is -2.17. The first kappa shape index (κ1) is 14.5. The van der Waals surface area contributed by atoms with Crippen molar-refractivity contribution >= 4 is 17.7 Å². The molecule has 0 aliphatic rings. The molecule has 0 aliphatic heterocycles. The molecule has 0 atom stereocenters. The number of aromatic nitrogens is 3. The summed E-state index contributed by atoms with van der Waals surface area (Å²) in [6.45, 7) is 0.423. The molecule has 2 aromatic heterocycles. The van der Waals surface area contributed by atoms with Crippen LogP contribution in [0.25, 0.3) is 0 Å². The maximum atomic E-state index is 12.0. The number of aliphatic carboxylic acids is 1. The number of H-pyrrole nitrogens is 1. The zero-order chi connectivity index (χ0) is 15.2. The zero-order valence-electron chi connectivity index (χ0n) is 11.4. The van der Waals surface area contributed by atoms with Gasteiger partial charge in [-0.25, -0.2) is 4.79 Å². The van der Waals surface area contributed by atoms with Gasteiger partial charge in [-0.15, -0.1) is 0 Å². The Balaban J connectivity index is 1.91. The fraction of sp³-hybridized carbons (Fsp3) is 0.231. The number of urea groups is 1. The Hall–Kier alpha value is -2.90. The van der Waals surface area contributed by atoms with Gasteiger partial charge in [0.25, 0.3) is 0 Å². The number of carbonyl (C=O) groups excluding carboxylic acids is 1. The summed E-state index contributed by atoms with van der Waals surface area (Å²) >= 11 is 0. The number of hydrogen-bond acceptors (Lipinski definition) is 4. The van der Waals surface area contributed by atoms with Gasteiger partial charge in [0, 0.05) is 18.8 Å². The quantitative estimate of drug-likeness (QED) is 0.763. The van der Waals surface area contributed by atoms with Crippen LogP contribution in [-0.2, 0) is 17.8 Å². The molecular weight excluding hydrogens is 274 g/mol. The second-order valence-electron chi connectivity index (χ2n) is 4.50. The molecule has 0 aliphatic carbocycles. The van der Waals surface area contributed by atoms with Crippen LogP contribution in [0.3, 0.4) is 0 Å². The van der Waals surface area contributed by atoms with E-state index >= 15 is 0 Å². The Morgan fingerprint density at radius 3 is 2.76 bits per heavy atom. The molecule has 0 bridgehead atoms. The van der Waals surface area contributed by atoms with Crippen LogP contribution in [0.15, 0.2) is 30.7 Å². The van der Waals surface area contributed by atoms with E-state index < -0.39 is 5.97 Å². The summed E-state index contributed by atoms with van der Waals surface area (Å²) in [5.41, 5.74) is 1.84. The number of pyridine rings is 1. The average molecular weight is 289 g/mol. The van der Waals surface area contributed by atoms with Crippen molar-refractivity contribution in [1.29, 1.82) is 0 Å². The van der Waals surface area contributed by atoms with Crippen LogP contribution in [0.1, 0.15) is 11.3 Å². The summed E-state index contributed by atoms with van der Waals surface area (Å²) in [6.07, 6.45) is 4.65. The molecule has 8 heteroatoms. The number of amides is 2. The van der Waals surface area contributed by atoms with Gasteiger partial charge in [0.05, 0.1) is 36.7 Å². The number of carboxylic acid groups (broad SMARTS) is 1. The van der Waals surface area contributed by atoms with Crippen molar-refractivity contribution in [2.24, 2.45) is 0 Å². The number of aromatic amines is 1. The van der Waals surface area contributed by atoms with Gasteiger partial charge in [-0.3, -0.25) is 14.9 Å². The van der Waals surface area contributed by atoms with Crippen molar-refractivity contribution in [3.63, 3.8) is 0 Å². The lowest BCUT2D eigenvalue weighted by Crippen LogP contribution is -2.30. The molecule has 0 saturated heterocycles. The van der Waals surface area contributed by atoms with Crippen molar-refractivity contribution in [2.75, 3.05) is 12.4 Å². The summed E-state index contributed by atoms with van der Waals surface area (Å²) in [5.74, 6) is -0.945. The first-order chi connectivity index (χ1) is 10.0. The largest absolute Gasteiger partial charge is 0.481 e. The molecule has 0 fully saturated rings. The molecular formula is C13H15N5O3. The van der Waals surface area contributed by atoms with Gasteiger partial charge in [-0.1, -0.05) is 0 Å². The minimum absolute atomic E-state index is 0.144. The molecule has 3 N–H and O–H groups in total. The van der Waals surface area contributed by atoms with E-state index in [2.05, 4.69) is 20.5 Å². The SMILES string of the molecule is CN(Cc1cn[nH]c1)C(=O)Nc1ccc(CC(=O)O)nc1. The van der Waals surface area contributed by atoms with Crippen molar-refractivity contribution in [1.82, 2.24) is 20.1 Å². The predicted octanol–water partition coefficient (Wildman–Crippen LogP) is 1.10. The predicted molar refractivity (Wildman–Crippen MR) is 74.7 cm³/mol. The molecule has 0 saturated carbocycles. The Labute approximate surface area is 120 Å². The van der Waals surface area contributed by atoms with Gasteiger partial charge in [0.2, 0.25) is 0 Å². The number of rotatable bonds is 5. The Morgan fingerprint density at radius 1 is 1.38 bits per heavy atom. The maximum absolute atomic E-state index is 12.0. The van der Waals surface area contributed by atoms with E-state index in [1.165, 1.54) is 11.1 Å². The van der Waals surface area contributed by atoms with E-state index in [0.717, 1.165) is 5.56 Å². The Kier molecular flexibility index (Phi) is 4.50. The van der Waals surface area contributed by atoms with E-state index in [1.807, 2.05) is 0 Å². The van der Waals surface area contributed by atoms with E-state index in [1.54, 1.807) is 31.6 Å². The van der Waals surface area contributed by atoms with Gasteiger partial charge in [-0.2, -0.15) is 5.10 Å². The summed E-state index contributed by atoms with van der Waals surface area (Å²) in [7, 11) is 1.66.